The van der Waals surface area contributed by atoms with E-state index in [9.17, 15) is 81.4 Å². The number of hydrogen-bond acceptors (Lipinski definition) is 25. The minimum atomic E-state index is -2.12. The zero-order valence-electron chi connectivity index (χ0n) is 50.0. The highest BCUT2D eigenvalue weighted by atomic mass is 16.8. The number of aliphatic hydroxyl groups is 14. The molecule has 26 heteroatoms. The van der Waals surface area contributed by atoms with Gasteiger partial charge in [0.05, 0.1) is 44.2 Å². The molecule has 10 rings (SSSR count). The normalized spacial score (nSPS) is 56.2. The molecule has 0 bridgehead atoms. The predicted molar refractivity (Wildman–Crippen MR) is 288 cm³/mol. The molecule has 0 spiro atoms. The molecule has 488 valence electrons. The molecule has 4 saturated carbocycles. The van der Waals surface area contributed by atoms with Gasteiger partial charge in [-0.15, -0.1) is 0 Å². The van der Waals surface area contributed by atoms with Gasteiger partial charge in [0.1, 0.15) is 97.7 Å². The molecule has 0 aromatic rings. The highest BCUT2D eigenvalue weighted by Crippen LogP contribution is 2.76. The van der Waals surface area contributed by atoms with Crippen LogP contribution in [0.5, 0.6) is 0 Å². The van der Waals surface area contributed by atoms with Crippen molar-refractivity contribution in [1.29, 1.82) is 0 Å². The van der Waals surface area contributed by atoms with E-state index in [1.807, 2.05) is 6.92 Å². The van der Waals surface area contributed by atoms with E-state index in [0.717, 1.165) is 32.1 Å². The lowest BCUT2D eigenvalue weighted by Crippen LogP contribution is -2.68. The summed E-state index contributed by atoms with van der Waals surface area (Å²) < 4.78 is 61.5. The Morgan fingerprint density at radius 2 is 1.09 bits per heavy atom. The molecule has 26 nitrogen and oxygen atoms in total. The lowest BCUT2D eigenvalue weighted by molar-refractivity contribution is -0.396. The van der Waals surface area contributed by atoms with Crippen LogP contribution in [0.3, 0.4) is 0 Å². The summed E-state index contributed by atoms with van der Waals surface area (Å²) in [4.78, 5) is 12.6. The zero-order chi connectivity index (χ0) is 62.2. The first-order valence-corrected chi connectivity index (χ1v) is 30.5. The van der Waals surface area contributed by atoms with Gasteiger partial charge in [0.25, 0.3) is 0 Å². The number of fused-ring (bicyclic) bond motifs is 7. The fourth-order valence-corrected chi connectivity index (χ4v) is 17.8. The Balaban J connectivity index is 0.898. The largest absolute Gasteiger partial charge is 0.479 e. The first kappa shape index (κ1) is 66.2. The van der Waals surface area contributed by atoms with Crippen molar-refractivity contribution in [2.75, 3.05) is 19.8 Å². The van der Waals surface area contributed by atoms with Crippen molar-refractivity contribution in [2.45, 2.75) is 280 Å². The van der Waals surface area contributed by atoms with Crippen LogP contribution in [0.25, 0.3) is 0 Å². The molecule has 0 aromatic heterocycles. The van der Waals surface area contributed by atoms with E-state index >= 15 is 0 Å². The molecule has 0 aromatic carbocycles. The van der Waals surface area contributed by atoms with Gasteiger partial charge in [-0.2, -0.15) is 0 Å². The quantitative estimate of drug-likeness (QED) is 0.0702. The van der Waals surface area contributed by atoms with Crippen LogP contribution < -0.4 is 0 Å². The summed E-state index contributed by atoms with van der Waals surface area (Å²) in [6.45, 7) is 17.1. The van der Waals surface area contributed by atoms with E-state index in [1.54, 1.807) is 0 Å². The van der Waals surface area contributed by atoms with Crippen LogP contribution >= 0.6 is 0 Å². The first-order valence-electron chi connectivity index (χ1n) is 30.5. The molecule has 9 fully saturated rings. The minimum absolute atomic E-state index is 0.0466. The van der Waals surface area contributed by atoms with Gasteiger partial charge in [-0.1, -0.05) is 60.1 Å². The zero-order valence-corrected chi connectivity index (χ0v) is 50.0. The molecule has 0 radical (unpaired) electrons. The van der Waals surface area contributed by atoms with E-state index in [0.29, 0.717) is 25.7 Å². The molecule has 5 saturated heterocycles. The van der Waals surface area contributed by atoms with Crippen LogP contribution in [0.15, 0.2) is 11.6 Å². The summed E-state index contributed by atoms with van der Waals surface area (Å²) in [5.74, 6) is -1.68. The standard InChI is InChI=1S/C59H96O26/c1-23-33(63)37(67)42(72)49(77-23)83-45-35(65)27(62)21-76-51(45)81-32-19-54(3,4)18-26-25-10-11-30-56(6)14-13-31(57(7,22-61)29(56)12-15-59(30,9)58(25,8)17-16-55(26,32)5)80-53-47(41(71)40(70)44(82-53)48(74)75)85-52-46(39(69)36(66)28(20-60)79-52)84-50-43(73)38(68)34(64)24(2)78-50/h10,23-24,26-47,49-53,60-73H,11-22H2,1-9H3,(H,74,75). The second-order valence-electron chi connectivity index (χ2n) is 28.8. The summed E-state index contributed by atoms with van der Waals surface area (Å²) in [5, 5.41) is 163. The molecule has 0 amide bonds. The fraction of sp³-hybridized carbons (Fsp3) is 0.949. The Morgan fingerprint density at radius 3 is 1.67 bits per heavy atom. The predicted octanol–water partition coefficient (Wildman–Crippen LogP) is -1.98. The number of allylic oxidation sites excluding steroid dienone is 2. The number of carboxylic acids is 1. The maximum atomic E-state index is 12.6. The molecule has 5 aliphatic carbocycles. The highest BCUT2D eigenvalue weighted by molar-refractivity contribution is 5.73. The van der Waals surface area contributed by atoms with Gasteiger partial charge in [-0.05, 0) is 111 Å². The Hall–Kier alpha value is -1.75. The summed E-state index contributed by atoms with van der Waals surface area (Å²) in [6.07, 6.45) is -32.2. The third-order valence-electron chi connectivity index (χ3n) is 23.3. The maximum Gasteiger partial charge on any atom is 0.335 e. The second kappa shape index (κ2) is 24.1. The molecule has 34 unspecified atom stereocenters. The van der Waals surface area contributed by atoms with Crippen molar-refractivity contribution >= 4 is 5.97 Å². The van der Waals surface area contributed by atoms with Gasteiger partial charge >= 0.3 is 5.97 Å². The summed E-state index contributed by atoms with van der Waals surface area (Å²) in [7, 11) is 0. The number of carbonyl (C=O) groups is 1. The third kappa shape index (κ3) is 11.0. The minimum Gasteiger partial charge on any atom is -0.479 e. The summed E-state index contributed by atoms with van der Waals surface area (Å²) in [6, 6.07) is 0. The van der Waals surface area contributed by atoms with Crippen LogP contribution in [0.2, 0.25) is 0 Å². The van der Waals surface area contributed by atoms with Crippen LogP contribution in [-0.4, -0.2) is 262 Å². The maximum absolute atomic E-state index is 12.6. The van der Waals surface area contributed by atoms with Crippen molar-refractivity contribution in [3.63, 3.8) is 0 Å². The number of aliphatic carboxylic acids is 1. The first-order chi connectivity index (χ1) is 39.7. The van der Waals surface area contributed by atoms with E-state index < -0.39 is 188 Å². The molecule has 15 N–H and O–H groups in total. The highest BCUT2D eigenvalue weighted by Gasteiger charge is 2.70. The van der Waals surface area contributed by atoms with E-state index in [1.165, 1.54) is 19.4 Å². The molecule has 5 aliphatic heterocycles. The third-order valence-corrected chi connectivity index (χ3v) is 23.3. The lowest BCUT2D eigenvalue weighted by Gasteiger charge is -2.72. The van der Waals surface area contributed by atoms with Crippen molar-refractivity contribution in [3.8, 4) is 0 Å². The van der Waals surface area contributed by atoms with E-state index in [-0.39, 0.29) is 47.2 Å². The molecular formula is C59H96O26. The van der Waals surface area contributed by atoms with Crippen LogP contribution in [0, 0.1) is 50.2 Å². The van der Waals surface area contributed by atoms with Gasteiger partial charge in [0.2, 0.25) is 0 Å². The average Bonchev–Trinajstić information content (AvgIpc) is 0.702. The topological polar surface area (TPSA) is 413 Å². The van der Waals surface area contributed by atoms with Crippen molar-refractivity contribution < 1.29 is 129 Å². The molecule has 34 atom stereocenters. The molecule has 5 heterocycles. The second-order valence-corrected chi connectivity index (χ2v) is 28.8. The lowest BCUT2D eigenvalue weighted by atomic mass is 9.33. The van der Waals surface area contributed by atoms with Crippen LogP contribution in [0.1, 0.15) is 120 Å². The summed E-state index contributed by atoms with van der Waals surface area (Å²) in [5.41, 5.74) is -1.31. The van der Waals surface area contributed by atoms with Crippen molar-refractivity contribution in [1.82, 2.24) is 0 Å². The number of hydrogen-bond donors (Lipinski definition) is 15. The molecule has 85 heavy (non-hydrogen) atoms. The van der Waals surface area contributed by atoms with E-state index in [2.05, 4.69) is 47.6 Å². The van der Waals surface area contributed by atoms with Gasteiger partial charge < -0.3 is 124 Å². The smallest absolute Gasteiger partial charge is 0.335 e. The van der Waals surface area contributed by atoms with E-state index in [4.69, 9.17) is 47.4 Å². The summed E-state index contributed by atoms with van der Waals surface area (Å²) >= 11 is 0. The Morgan fingerprint density at radius 1 is 0.541 bits per heavy atom. The molecular weight excluding hydrogens is 1120 g/mol. The number of aliphatic hydroxyl groups excluding tert-OH is 14. The number of ether oxygens (including phenoxy) is 10. The molecule has 10 aliphatic rings. The fourth-order valence-electron chi connectivity index (χ4n) is 17.8. The van der Waals surface area contributed by atoms with Crippen molar-refractivity contribution in [2.24, 2.45) is 50.2 Å². The van der Waals surface area contributed by atoms with Crippen molar-refractivity contribution in [3.05, 3.63) is 11.6 Å². The van der Waals surface area contributed by atoms with Crippen LogP contribution in [-0.2, 0) is 52.2 Å². The SMILES string of the molecule is CC1OC(OC2C(OC3CC(C)(C)CC4C5=CCC6C7(C)CCC(OC8OC(C(=O)O)C(O)C(O)C8OC8OC(CO)C(O)C(O)C8OC8OC(C)C(O)C(O)C8O)C(C)(CO)C7CCC6(C)C5(C)CCC34C)OCC(O)C2O)C(O)C(O)C1O. The van der Waals surface area contributed by atoms with Crippen LogP contribution in [0.4, 0.5) is 0 Å². The Kier molecular flexibility index (Phi) is 18.7. The Bertz CT molecular complexity index is 2390. The number of rotatable bonds is 13. The average molecular weight is 1220 g/mol. The number of carboxylic acid groups (broad SMARTS) is 1. The monoisotopic (exact) mass is 1220 g/mol. The Labute approximate surface area is 494 Å². The van der Waals surface area contributed by atoms with Gasteiger partial charge in [-0.25, -0.2) is 4.79 Å². The van der Waals surface area contributed by atoms with Gasteiger partial charge in [0, 0.05) is 10.8 Å². The van der Waals surface area contributed by atoms with Gasteiger partial charge in [-0.3, -0.25) is 0 Å². The van der Waals surface area contributed by atoms with Gasteiger partial charge in [0.15, 0.2) is 37.6 Å².